The maximum atomic E-state index is 12.9. The summed E-state index contributed by atoms with van der Waals surface area (Å²) in [5.41, 5.74) is 6.45. The van der Waals surface area contributed by atoms with Crippen LogP contribution in [-0.2, 0) is 21.2 Å². The van der Waals surface area contributed by atoms with Gasteiger partial charge in [-0.25, -0.2) is 8.42 Å². The summed E-state index contributed by atoms with van der Waals surface area (Å²) >= 11 is 0. The summed E-state index contributed by atoms with van der Waals surface area (Å²) < 4.78 is 38.6. The number of benzene rings is 1. The Kier molecular flexibility index (Phi) is 7.51. The third-order valence-electron chi connectivity index (χ3n) is 4.62. The van der Waals surface area contributed by atoms with Crippen LogP contribution in [0.5, 0.6) is 5.75 Å². The molecule has 1 aromatic carbocycles. The third-order valence-corrected chi connectivity index (χ3v) is 6.52. The number of nitrogens with zero attached hydrogens (tertiary/aromatic N) is 1. The average Bonchev–Trinajstić information content (AvgIpc) is 2.62. The number of nitrogens with two attached hydrogens (primary N) is 1. The van der Waals surface area contributed by atoms with Crippen molar-refractivity contribution in [1.82, 2.24) is 4.31 Å². The highest BCUT2D eigenvalue weighted by atomic mass is 35.5. The number of hydrogen-bond acceptors (Lipinski definition) is 5. The molecule has 8 heteroatoms. The minimum absolute atomic E-state index is 0. The first-order valence-corrected chi connectivity index (χ1v) is 10.1. The highest BCUT2D eigenvalue weighted by molar-refractivity contribution is 7.89. The summed E-state index contributed by atoms with van der Waals surface area (Å²) in [5, 5.41) is 0. The molecule has 2 heterocycles. The molecule has 1 aromatic rings. The predicted molar refractivity (Wildman–Crippen MR) is 98.9 cm³/mol. The van der Waals surface area contributed by atoms with Gasteiger partial charge < -0.3 is 15.2 Å². The summed E-state index contributed by atoms with van der Waals surface area (Å²) in [4.78, 5) is 0.370. The summed E-state index contributed by atoms with van der Waals surface area (Å²) in [7, 11) is -3.44. The Morgan fingerprint density at radius 2 is 2.04 bits per heavy atom. The van der Waals surface area contributed by atoms with E-state index in [4.69, 9.17) is 15.2 Å². The second-order valence-electron chi connectivity index (χ2n) is 6.34. The van der Waals surface area contributed by atoms with Crippen LogP contribution in [0.4, 0.5) is 0 Å². The number of rotatable bonds is 6. The molecule has 0 spiro atoms. The van der Waals surface area contributed by atoms with Gasteiger partial charge in [-0.1, -0.05) is 0 Å². The molecule has 0 amide bonds. The van der Waals surface area contributed by atoms with E-state index in [0.717, 1.165) is 43.4 Å². The lowest BCUT2D eigenvalue weighted by molar-refractivity contribution is 0.0209. The first kappa shape index (κ1) is 20.5. The number of sulfonamides is 1. The highest BCUT2D eigenvalue weighted by Gasteiger charge is 2.30. The van der Waals surface area contributed by atoms with Gasteiger partial charge in [-0.2, -0.15) is 4.31 Å². The SMILES string of the molecule is Cl.NCCCOC1CCN(S(=O)(=O)c2ccc3c(c2)CCCO3)CC1. The van der Waals surface area contributed by atoms with E-state index >= 15 is 0 Å². The second-order valence-corrected chi connectivity index (χ2v) is 8.28. The molecular formula is C17H27ClN2O4S. The fourth-order valence-electron chi connectivity index (χ4n) is 3.22. The van der Waals surface area contributed by atoms with E-state index in [0.29, 0.717) is 37.7 Å². The van der Waals surface area contributed by atoms with Gasteiger partial charge in [0.1, 0.15) is 5.75 Å². The fourth-order valence-corrected chi connectivity index (χ4v) is 4.74. The predicted octanol–water partition coefficient (Wildman–Crippen LogP) is 1.95. The van der Waals surface area contributed by atoms with E-state index in [2.05, 4.69) is 0 Å². The number of piperidine rings is 1. The molecule has 0 unspecified atom stereocenters. The van der Waals surface area contributed by atoms with Gasteiger partial charge in [-0.15, -0.1) is 12.4 Å². The van der Waals surface area contributed by atoms with E-state index in [9.17, 15) is 8.42 Å². The van der Waals surface area contributed by atoms with Crippen molar-refractivity contribution in [1.29, 1.82) is 0 Å². The van der Waals surface area contributed by atoms with Crippen molar-refractivity contribution in [3.05, 3.63) is 23.8 Å². The maximum Gasteiger partial charge on any atom is 0.243 e. The summed E-state index contributed by atoms with van der Waals surface area (Å²) in [6.45, 7) is 2.98. The van der Waals surface area contributed by atoms with E-state index in [1.807, 2.05) is 0 Å². The molecule has 1 saturated heterocycles. The zero-order chi connectivity index (χ0) is 17.0. The van der Waals surface area contributed by atoms with Crippen molar-refractivity contribution in [3.63, 3.8) is 0 Å². The van der Waals surface area contributed by atoms with Gasteiger partial charge in [-0.05, 0) is 62.4 Å². The third kappa shape index (κ3) is 4.86. The standard InChI is InChI=1S/C17H26N2O4S.ClH/c18-8-2-12-22-15-6-9-19(10-7-15)24(20,21)16-4-5-17-14(13-16)3-1-11-23-17;/h4-5,13,15H,1-3,6-12,18H2;1H. The molecule has 2 aliphatic heterocycles. The van der Waals surface area contributed by atoms with Crippen molar-refractivity contribution in [2.75, 3.05) is 32.8 Å². The molecule has 0 bridgehead atoms. The lowest BCUT2D eigenvalue weighted by Crippen LogP contribution is -2.41. The Morgan fingerprint density at radius 1 is 1.28 bits per heavy atom. The Hall–Kier alpha value is -0.860. The van der Waals surface area contributed by atoms with Crippen molar-refractivity contribution in [2.24, 2.45) is 5.73 Å². The number of fused-ring (bicyclic) bond motifs is 1. The van der Waals surface area contributed by atoms with Crippen LogP contribution in [-0.4, -0.2) is 51.7 Å². The van der Waals surface area contributed by atoms with Crippen LogP contribution in [0.2, 0.25) is 0 Å². The van der Waals surface area contributed by atoms with Gasteiger partial charge in [0.2, 0.25) is 10.0 Å². The van der Waals surface area contributed by atoms with Crippen LogP contribution in [0, 0.1) is 0 Å². The summed E-state index contributed by atoms with van der Waals surface area (Å²) in [6.07, 6.45) is 4.25. The lowest BCUT2D eigenvalue weighted by Gasteiger charge is -2.31. The summed E-state index contributed by atoms with van der Waals surface area (Å²) in [5.74, 6) is 0.812. The topological polar surface area (TPSA) is 81.9 Å². The second kappa shape index (κ2) is 9.19. The Labute approximate surface area is 156 Å². The average molecular weight is 391 g/mol. The van der Waals surface area contributed by atoms with Gasteiger partial charge in [0.25, 0.3) is 0 Å². The first-order chi connectivity index (χ1) is 11.6. The number of aryl methyl sites for hydroxylation is 1. The molecule has 1 fully saturated rings. The number of hydrogen-bond donors (Lipinski definition) is 1. The summed E-state index contributed by atoms with van der Waals surface area (Å²) in [6, 6.07) is 5.21. The monoisotopic (exact) mass is 390 g/mol. The zero-order valence-corrected chi connectivity index (χ0v) is 16.0. The fraction of sp³-hybridized carbons (Fsp3) is 0.647. The molecule has 0 saturated carbocycles. The molecule has 6 nitrogen and oxygen atoms in total. The molecule has 142 valence electrons. The molecule has 2 N–H and O–H groups in total. The largest absolute Gasteiger partial charge is 0.493 e. The van der Waals surface area contributed by atoms with Crippen molar-refractivity contribution in [3.8, 4) is 5.75 Å². The van der Waals surface area contributed by atoms with Crippen molar-refractivity contribution in [2.45, 2.75) is 43.1 Å². The Morgan fingerprint density at radius 3 is 2.76 bits per heavy atom. The van der Waals surface area contributed by atoms with Gasteiger partial charge >= 0.3 is 0 Å². The van der Waals surface area contributed by atoms with Crippen LogP contribution in [0.1, 0.15) is 31.2 Å². The Bertz CT molecular complexity index is 661. The molecule has 0 radical (unpaired) electrons. The minimum Gasteiger partial charge on any atom is -0.493 e. The van der Waals surface area contributed by atoms with E-state index in [1.54, 1.807) is 22.5 Å². The minimum atomic E-state index is -3.44. The van der Waals surface area contributed by atoms with Crippen LogP contribution in [0.25, 0.3) is 0 Å². The molecule has 0 aliphatic carbocycles. The normalized spacial score (nSPS) is 18.9. The quantitative estimate of drug-likeness (QED) is 0.751. The van der Waals surface area contributed by atoms with Gasteiger partial charge in [-0.3, -0.25) is 0 Å². The Balaban J connectivity index is 0.00000225. The smallest absolute Gasteiger partial charge is 0.243 e. The first-order valence-electron chi connectivity index (χ1n) is 8.69. The molecule has 3 rings (SSSR count). The van der Waals surface area contributed by atoms with Crippen LogP contribution in [0.3, 0.4) is 0 Å². The molecule has 2 aliphatic rings. The van der Waals surface area contributed by atoms with Gasteiger partial charge in [0.05, 0.1) is 17.6 Å². The van der Waals surface area contributed by atoms with E-state index in [-0.39, 0.29) is 18.5 Å². The molecule has 25 heavy (non-hydrogen) atoms. The van der Waals surface area contributed by atoms with Crippen molar-refractivity contribution < 1.29 is 17.9 Å². The van der Waals surface area contributed by atoms with E-state index in [1.165, 1.54) is 0 Å². The molecule has 0 atom stereocenters. The van der Waals surface area contributed by atoms with Crippen LogP contribution < -0.4 is 10.5 Å². The number of ether oxygens (including phenoxy) is 2. The van der Waals surface area contributed by atoms with Gasteiger partial charge in [0, 0.05) is 19.7 Å². The highest BCUT2D eigenvalue weighted by Crippen LogP contribution is 2.29. The maximum absolute atomic E-state index is 12.9. The number of halogens is 1. The molecular weight excluding hydrogens is 364 g/mol. The van der Waals surface area contributed by atoms with Gasteiger partial charge in [0.15, 0.2) is 0 Å². The van der Waals surface area contributed by atoms with Crippen molar-refractivity contribution >= 4 is 22.4 Å². The zero-order valence-electron chi connectivity index (χ0n) is 14.4. The van der Waals surface area contributed by atoms with Crippen LogP contribution in [0.15, 0.2) is 23.1 Å². The molecule has 0 aromatic heterocycles. The van der Waals surface area contributed by atoms with Crippen LogP contribution >= 0.6 is 12.4 Å². The lowest BCUT2D eigenvalue weighted by atomic mass is 10.1. The van der Waals surface area contributed by atoms with E-state index < -0.39 is 10.0 Å².